The van der Waals surface area contributed by atoms with Gasteiger partial charge in [-0.3, -0.25) is 4.98 Å². The molecule has 0 radical (unpaired) electrons. The average molecular weight is 420 g/mol. The zero-order chi connectivity index (χ0) is 22.5. The van der Waals surface area contributed by atoms with Crippen LogP contribution < -0.4 is 0 Å². The van der Waals surface area contributed by atoms with Crippen molar-refractivity contribution in [1.82, 2.24) is 4.98 Å². The van der Waals surface area contributed by atoms with Gasteiger partial charge in [0.25, 0.3) is 0 Å². The van der Waals surface area contributed by atoms with Crippen LogP contribution in [-0.2, 0) is 5.41 Å². The van der Waals surface area contributed by atoms with Crippen LogP contribution >= 0.6 is 0 Å². The van der Waals surface area contributed by atoms with Crippen molar-refractivity contribution >= 4 is 21.9 Å². The van der Waals surface area contributed by atoms with Gasteiger partial charge in [-0.2, -0.15) is 0 Å². The van der Waals surface area contributed by atoms with Gasteiger partial charge in [-0.05, 0) is 70.0 Å². The molecule has 2 heterocycles. The molecule has 0 aliphatic heterocycles. The monoisotopic (exact) mass is 419 g/mol. The zero-order valence-corrected chi connectivity index (χ0v) is 19.4. The predicted octanol–water partition coefficient (Wildman–Crippen LogP) is 8.74. The fourth-order valence-corrected chi connectivity index (χ4v) is 4.34. The summed E-state index contributed by atoms with van der Waals surface area (Å²) in [5.74, 6) is 0.367. The van der Waals surface area contributed by atoms with Crippen molar-refractivity contribution in [2.45, 2.75) is 46.0 Å². The van der Waals surface area contributed by atoms with E-state index in [9.17, 15) is 0 Å². The lowest BCUT2D eigenvalue weighted by Crippen LogP contribution is -2.11. The van der Waals surface area contributed by atoms with E-state index in [4.69, 9.17) is 4.42 Å². The molecule has 160 valence electrons. The highest BCUT2D eigenvalue weighted by atomic mass is 16.3. The summed E-state index contributed by atoms with van der Waals surface area (Å²) in [5.41, 5.74) is 9.02. The number of furan rings is 1. The van der Waals surface area contributed by atoms with Gasteiger partial charge in [0.1, 0.15) is 11.2 Å². The first-order chi connectivity index (χ1) is 15.3. The van der Waals surface area contributed by atoms with Crippen LogP contribution in [0.3, 0.4) is 0 Å². The lowest BCUT2D eigenvalue weighted by Gasteiger charge is -2.19. The lowest BCUT2D eigenvalue weighted by molar-refractivity contribution is 0.589. The molecule has 0 bridgehead atoms. The van der Waals surface area contributed by atoms with E-state index >= 15 is 0 Å². The third-order valence-corrected chi connectivity index (χ3v) is 6.25. The van der Waals surface area contributed by atoms with Gasteiger partial charge >= 0.3 is 0 Å². The van der Waals surface area contributed by atoms with Gasteiger partial charge in [0.2, 0.25) is 0 Å². The van der Waals surface area contributed by atoms with Gasteiger partial charge in [0.05, 0.1) is 5.69 Å². The number of rotatable bonds is 3. The van der Waals surface area contributed by atoms with Crippen LogP contribution in [-0.4, -0.2) is 4.98 Å². The Kier molecular flexibility index (Phi) is 4.89. The van der Waals surface area contributed by atoms with Gasteiger partial charge in [-0.15, -0.1) is 0 Å². The Hall–Kier alpha value is -3.39. The third-order valence-electron chi connectivity index (χ3n) is 6.25. The Balaban J connectivity index is 1.70. The minimum atomic E-state index is 0.0845. The van der Waals surface area contributed by atoms with Gasteiger partial charge in [-0.25, -0.2) is 0 Å². The van der Waals surface area contributed by atoms with E-state index in [0.717, 1.165) is 27.8 Å². The van der Waals surface area contributed by atoms with Crippen LogP contribution in [0.2, 0.25) is 0 Å². The molecule has 5 aromatic rings. The molecule has 0 saturated heterocycles. The second-order valence-electron chi connectivity index (χ2n) is 9.96. The molecule has 0 fully saturated rings. The summed E-state index contributed by atoms with van der Waals surface area (Å²) in [4.78, 5) is 4.64. The molecular formula is C30H29NO. The van der Waals surface area contributed by atoms with Crippen molar-refractivity contribution in [2.75, 3.05) is 0 Å². The second kappa shape index (κ2) is 7.63. The van der Waals surface area contributed by atoms with Crippen LogP contribution in [0.5, 0.6) is 0 Å². The van der Waals surface area contributed by atoms with Crippen molar-refractivity contribution < 1.29 is 4.42 Å². The molecule has 2 aromatic heterocycles. The van der Waals surface area contributed by atoms with E-state index in [1.165, 1.54) is 27.6 Å². The van der Waals surface area contributed by atoms with Crippen LogP contribution in [0.4, 0.5) is 0 Å². The molecule has 2 heteroatoms. The number of benzene rings is 3. The van der Waals surface area contributed by atoms with Crippen molar-refractivity contribution in [1.29, 1.82) is 0 Å². The number of nitrogens with zero attached hydrogens (tertiary/aromatic N) is 1. The molecule has 0 unspecified atom stereocenters. The summed E-state index contributed by atoms with van der Waals surface area (Å²) in [6, 6.07) is 25.9. The first-order valence-electron chi connectivity index (χ1n) is 11.3. The third kappa shape index (κ3) is 3.60. The van der Waals surface area contributed by atoms with E-state index in [1.54, 1.807) is 0 Å². The first-order valence-corrected chi connectivity index (χ1v) is 11.3. The van der Waals surface area contributed by atoms with Gasteiger partial charge in [0.15, 0.2) is 0 Å². The van der Waals surface area contributed by atoms with Crippen molar-refractivity contribution in [3.05, 3.63) is 90.1 Å². The molecule has 5 rings (SSSR count). The molecule has 0 aliphatic rings. The van der Waals surface area contributed by atoms with E-state index in [1.807, 2.05) is 6.20 Å². The molecule has 0 N–H and O–H groups in total. The fraction of sp³-hybridized carbons (Fsp3) is 0.233. The maximum absolute atomic E-state index is 6.47. The van der Waals surface area contributed by atoms with Gasteiger partial charge in [0, 0.05) is 22.5 Å². The molecule has 0 saturated carbocycles. The maximum Gasteiger partial charge on any atom is 0.138 e. The Morgan fingerprint density at radius 3 is 2.25 bits per heavy atom. The van der Waals surface area contributed by atoms with E-state index in [-0.39, 0.29) is 5.41 Å². The summed E-state index contributed by atoms with van der Waals surface area (Å²) >= 11 is 0. The topological polar surface area (TPSA) is 26.0 Å². The first kappa shape index (κ1) is 20.5. The fourth-order valence-electron chi connectivity index (χ4n) is 4.34. The number of hydrogen-bond donors (Lipinski definition) is 0. The SMILES string of the molecule is CC(C)c1cc(-c2ccccc2)cc2c1oc1cc(-c3cc(C(C)(C)C)ccn3)ccc12. The molecule has 2 nitrogen and oxygen atoms in total. The summed E-state index contributed by atoms with van der Waals surface area (Å²) in [7, 11) is 0. The Labute approximate surface area is 189 Å². The average Bonchev–Trinajstić information content (AvgIpc) is 3.16. The van der Waals surface area contributed by atoms with Gasteiger partial charge < -0.3 is 4.42 Å². The molecular weight excluding hydrogens is 390 g/mol. The van der Waals surface area contributed by atoms with E-state index in [0.29, 0.717) is 5.92 Å². The van der Waals surface area contributed by atoms with E-state index in [2.05, 4.69) is 112 Å². The molecule has 0 aliphatic carbocycles. The van der Waals surface area contributed by atoms with Crippen LogP contribution in [0, 0.1) is 0 Å². The quantitative estimate of drug-likeness (QED) is 0.292. The summed E-state index contributed by atoms with van der Waals surface area (Å²) in [5, 5.41) is 2.32. The minimum Gasteiger partial charge on any atom is -0.456 e. The molecule has 0 atom stereocenters. The molecule has 0 spiro atoms. The predicted molar refractivity (Wildman–Crippen MR) is 135 cm³/mol. The summed E-state index contributed by atoms with van der Waals surface area (Å²) < 4.78 is 6.47. The normalized spacial score (nSPS) is 12.2. The lowest BCUT2D eigenvalue weighted by atomic mass is 9.87. The highest BCUT2D eigenvalue weighted by Crippen LogP contribution is 2.39. The largest absolute Gasteiger partial charge is 0.456 e. The van der Waals surface area contributed by atoms with Crippen LogP contribution in [0.1, 0.15) is 51.7 Å². The van der Waals surface area contributed by atoms with Crippen LogP contribution in [0.25, 0.3) is 44.3 Å². The number of aromatic nitrogens is 1. The molecule has 32 heavy (non-hydrogen) atoms. The highest BCUT2D eigenvalue weighted by Gasteiger charge is 2.18. The van der Waals surface area contributed by atoms with Crippen LogP contribution in [0.15, 0.2) is 83.4 Å². The van der Waals surface area contributed by atoms with Crippen molar-refractivity contribution in [3.63, 3.8) is 0 Å². The standard InChI is InChI=1S/C30H29NO/c1-19(2)25-15-22(20-9-7-6-8-10-20)16-26-24-12-11-21(17-28(24)32-29(25)26)27-18-23(13-14-31-27)30(3,4)5/h6-19H,1-5H3. The summed E-state index contributed by atoms with van der Waals surface area (Å²) in [6.07, 6.45) is 1.90. The number of fused-ring (bicyclic) bond motifs is 3. The van der Waals surface area contributed by atoms with E-state index < -0.39 is 0 Å². The summed E-state index contributed by atoms with van der Waals surface area (Å²) in [6.45, 7) is 11.1. The van der Waals surface area contributed by atoms with Gasteiger partial charge in [-0.1, -0.05) is 71.0 Å². The Bertz CT molecular complexity index is 1420. The second-order valence-corrected chi connectivity index (χ2v) is 9.96. The molecule has 3 aromatic carbocycles. The Morgan fingerprint density at radius 2 is 1.53 bits per heavy atom. The maximum atomic E-state index is 6.47. The zero-order valence-electron chi connectivity index (χ0n) is 19.4. The van der Waals surface area contributed by atoms with Crippen molar-refractivity contribution in [2.24, 2.45) is 0 Å². The number of hydrogen-bond acceptors (Lipinski definition) is 2. The smallest absolute Gasteiger partial charge is 0.138 e. The minimum absolute atomic E-state index is 0.0845. The number of pyridine rings is 1. The Morgan fingerprint density at radius 1 is 0.750 bits per heavy atom. The highest BCUT2D eigenvalue weighted by molar-refractivity contribution is 6.08. The molecule has 0 amide bonds. The van der Waals surface area contributed by atoms with Crippen molar-refractivity contribution in [3.8, 4) is 22.4 Å².